The molecule has 2 rings (SSSR count). The van der Waals surface area contributed by atoms with Crippen LogP contribution in [-0.4, -0.2) is 4.98 Å². The van der Waals surface area contributed by atoms with Crippen LogP contribution in [0.15, 0.2) is 36.5 Å². The average Bonchev–Trinajstić information content (AvgIpc) is 2.34. The van der Waals surface area contributed by atoms with Gasteiger partial charge in [0.1, 0.15) is 17.7 Å². The highest BCUT2D eigenvalue weighted by atomic mass is 35.5. The molecule has 0 aliphatic heterocycles. The Hall–Kier alpha value is -2.12. The van der Waals surface area contributed by atoms with Crippen molar-refractivity contribution >= 4 is 23.1 Å². The number of pyridine rings is 1. The first kappa shape index (κ1) is 11.4. The number of rotatable bonds is 2. The average molecular weight is 248 g/mol. The van der Waals surface area contributed by atoms with Crippen LogP contribution in [0.25, 0.3) is 0 Å². The van der Waals surface area contributed by atoms with Crippen LogP contribution in [0.2, 0.25) is 5.02 Å². The quantitative estimate of drug-likeness (QED) is 0.884. The molecule has 0 aliphatic rings. The number of benzene rings is 1. The molecule has 0 saturated carbocycles. The summed E-state index contributed by atoms with van der Waals surface area (Å²) in [6, 6.07) is 9.48. The molecule has 0 saturated heterocycles. The third kappa shape index (κ3) is 2.71. The van der Waals surface area contributed by atoms with E-state index in [2.05, 4.69) is 10.3 Å². The minimum Gasteiger partial charge on any atom is -0.338 e. The van der Waals surface area contributed by atoms with Gasteiger partial charge in [-0.25, -0.2) is 9.37 Å². The molecule has 2 aromatic rings. The molecule has 5 heteroatoms. The first-order chi connectivity index (χ1) is 8.19. The zero-order valence-corrected chi connectivity index (χ0v) is 9.37. The summed E-state index contributed by atoms with van der Waals surface area (Å²) in [6.45, 7) is 0. The van der Waals surface area contributed by atoms with Crippen molar-refractivity contribution in [3.63, 3.8) is 0 Å². The molecule has 0 unspecified atom stereocenters. The summed E-state index contributed by atoms with van der Waals surface area (Å²) in [4.78, 5) is 3.98. The van der Waals surface area contributed by atoms with Crippen molar-refractivity contribution in [1.29, 1.82) is 5.26 Å². The highest BCUT2D eigenvalue weighted by molar-refractivity contribution is 6.30. The van der Waals surface area contributed by atoms with Gasteiger partial charge >= 0.3 is 0 Å². The van der Waals surface area contributed by atoms with E-state index in [0.717, 1.165) is 0 Å². The predicted molar refractivity (Wildman–Crippen MR) is 63.6 cm³/mol. The summed E-state index contributed by atoms with van der Waals surface area (Å²) in [5.41, 5.74) is 0.735. The molecule has 0 amide bonds. The van der Waals surface area contributed by atoms with E-state index in [1.54, 1.807) is 18.2 Å². The first-order valence-corrected chi connectivity index (χ1v) is 5.15. The summed E-state index contributed by atoms with van der Waals surface area (Å²) in [5, 5.41) is 11.7. The summed E-state index contributed by atoms with van der Waals surface area (Å²) in [5.74, 6) is 0.00822. The number of nitrogens with one attached hydrogen (secondary N) is 1. The van der Waals surface area contributed by atoms with Gasteiger partial charge in [-0.05, 0) is 30.3 Å². The van der Waals surface area contributed by atoms with E-state index in [4.69, 9.17) is 16.9 Å². The topological polar surface area (TPSA) is 48.7 Å². The van der Waals surface area contributed by atoms with Crippen molar-refractivity contribution in [1.82, 2.24) is 4.98 Å². The van der Waals surface area contributed by atoms with Crippen LogP contribution in [0.1, 0.15) is 5.56 Å². The number of anilines is 2. The van der Waals surface area contributed by atoms with Crippen LogP contribution >= 0.6 is 11.6 Å². The van der Waals surface area contributed by atoms with Crippen molar-refractivity contribution in [2.45, 2.75) is 0 Å². The second kappa shape index (κ2) is 4.81. The number of halogens is 2. The maximum atomic E-state index is 13.5. The molecule has 1 heterocycles. The minimum absolute atomic E-state index is 0.284. The largest absolute Gasteiger partial charge is 0.338 e. The van der Waals surface area contributed by atoms with E-state index < -0.39 is 5.82 Å². The molecule has 3 nitrogen and oxygen atoms in total. The van der Waals surface area contributed by atoms with Gasteiger partial charge in [0.15, 0.2) is 0 Å². The van der Waals surface area contributed by atoms with Crippen molar-refractivity contribution in [2.75, 3.05) is 5.32 Å². The molecule has 0 spiro atoms. The number of nitriles is 1. The Kier molecular flexibility index (Phi) is 3.22. The molecular formula is C12H7ClFN3. The van der Waals surface area contributed by atoms with Gasteiger partial charge in [-0.3, -0.25) is 0 Å². The Bertz CT molecular complexity index is 575. The SMILES string of the molecule is N#Cc1ccc(Nc2ccc(Cl)cc2F)nc1. The Morgan fingerprint density at radius 3 is 2.71 bits per heavy atom. The van der Waals surface area contributed by atoms with E-state index >= 15 is 0 Å². The van der Waals surface area contributed by atoms with Gasteiger partial charge in [0.25, 0.3) is 0 Å². The van der Waals surface area contributed by atoms with Gasteiger partial charge in [0.05, 0.1) is 11.3 Å². The van der Waals surface area contributed by atoms with E-state index in [1.807, 2.05) is 6.07 Å². The van der Waals surface area contributed by atoms with E-state index in [9.17, 15) is 4.39 Å². The zero-order valence-electron chi connectivity index (χ0n) is 8.61. The van der Waals surface area contributed by atoms with Gasteiger partial charge in [0.2, 0.25) is 0 Å². The molecule has 84 valence electrons. The first-order valence-electron chi connectivity index (χ1n) is 4.77. The van der Waals surface area contributed by atoms with Crippen LogP contribution in [0, 0.1) is 17.1 Å². The standard InChI is InChI=1S/C12H7ClFN3/c13-9-2-3-11(10(14)5-9)17-12-4-1-8(6-15)7-16-12/h1-5,7H,(H,16,17). The Balaban J connectivity index is 2.23. The van der Waals surface area contributed by atoms with Gasteiger partial charge < -0.3 is 5.32 Å². The Labute approximate surface area is 102 Å². The van der Waals surface area contributed by atoms with Gasteiger partial charge in [-0.2, -0.15) is 5.26 Å². The predicted octanol–water partition coefficient (Wildman–Crippen LogP) is 3.49. The lowest BCUT2D eigenvalue weighted by atomic mass is 10.3. The second-order valence-electron chi connectivity index (χ2n) is 3.29. The fourth-order valence-electron chi connectivity index (χ4n) is 1.26. The second-order valence-corrected chi connectivity index (χ2v) is 3.73. The van der Waals surface area contributed by atoms with Crippen molar-refractivity contribution < 1.29 is 4.39 Å². The summed E-state index contributed by atoms with van der Waals surface area (Å²) < 4.78 is 13.5. The third-order valence-electron chi connectivity index (χ3n) is 2.09. The molecule has 0 fully saturated rings. The lowest BCUT2D eigenvalue weighted by Gasteiger charge is -2.06. The lowest BCUT2D eigenvalue weighted by molar-refractivity contribution is 0.632. The van der Waals surface area contributed by atoms with Gasteiger partial charge in [0, 0.05) is 11.2 Å². The third-order valence-corrected chi connectivity index (χ3v) is 2.32. The van der Waals surface area contributed by atoms with Crippen molar-refractivity contribution in [3.05, 3.63) is 52.9 Å². The maximum absolute atomic E-state index is 13.5. The van der Waals surface area contributed by atoms with Crippen molar-refractivity contribution in [2.24, 2.45) is 0 Å². The summed E-state index contributed by atoms with van der Waals surface area (Å²) in [7, 11) is 0. The fraction of sp³-hybridized carbons (Fsp3) is 0. The van der Waals surface area contributed by atoms with Crippen molar-refractivity contribution in [3.8, 4) is 6.07 Å². The van der Waals surface area contributed by atoms with Crippen LogP contribution < -0.4 is 5.32 Å². The van der Waals surface area contributed by atoms with Crippen LogP contribution in [0.3, 0.4) is 0 Å². The minimum atomic E-state index is -0.455. The lowest BCUT2D eigenvalue weighted by Crippen LogP contribution is -1.96. The Morgan fingerprint density at radius 1 is 1.29 bits per heavy atom. The fourth-order valence-corrected chi connectivity index (χ4v) is 1.42. The van der Waals surface area contributed by atoms with E-state index in [0.29, 0.717) is 16.4 Å². The van der Waals surface area contributed by atoms with Crippen LogP contribution in [0.4, 0.5) is 15.9 Å². The normalized spacial score (nSPS) is 9.71. The number of nitrogens with zero attached hydrogens (tertiary/aromatic N) is 2. The highest BCUT2D eigenvalue weighted by Crippen LogP contribution is 2.21. The summed E-state index contributed by atoms with van der Waals surface area (Å²) >= 11 is 5.64. The molecule has 0 bridgehead atoms. The molecule has 1 aromatic heterocycles. The Morgan fingerprint density at radius 2 is 2.12 bits per heavy atom. The smallest absolute Gasteiger partial charge is 0.148 e. The number of hydrogen-bond donors (Lipinski definition) is 1. The van der Waals surface area contributed by atoms with Crippen LogP contribution in [0.5, 0.6) is 0 Å². The van der Waals surface area contributed by atoms with Crippen LogP contribution in [-0.2, 0) is 0 Å². The molecular weight excluding hydrogens is 241 g/mol. The van der Waals surface area contributed by atoms with Gasteiger partial charge in [-0.1, -0.05) is 11.6 Å². The van der Waals surface area contributed by atoms with Gasteiger partial charge in [-0.15, -0.1) is 0 Å². The summed E-state index contributed by atoms with van der Waals surface area (Å²) in [6.07, 6.45) is 1.41. The molecule has 0 atom stereocenters. The zero-order chi connectivity index (χ0) is 12.3. The molecule has 17 heavy (non-hydrogen) atoms. The monoisotopic (exact) mass is 247 g/mol. The highest BCUT2D eigenvalue weighted by Gasteiger charge is 2.03. The van der Waals surface area contributed by atoms with E-state index in [-0.39, 0.29) is 5.69 Å². The molecule has 0 aliphatic carbocycles. The molecule has 0 radical (unpaired) electrons. The molecule has 1 N–H and O–H groups in total. The number of hydrogen-bond acceptors (Lipinski definition) is 3. The maximum Gasteiger partial charge on any atom is 0.148 e. The van der Waals surface area contributed by atoms with E-state index in [1.165, 1.54) is 18.3 Å². The number of aromatic nitrogens is 1. The molecule has 1 aromatic carbocycles.